The summed E-state index contributed by atoms with van der Waals surface area (Å²) in [7, 11) is 0. The van der Waals surface area contributed by atoms with Gasteiger partial charge in [-0.25, -0.2) is 8.78 Å². The summed E-state index contributed by atoms with van der Waals surface area (Å²) in [6, 6.07) is 0. The molecule has 12 heteroatoms. The van der Waals surface area contributed by atoms with E-state index in [2.05, 4.69) is 4.74 Å². The second kappa shape index (κ2) is 12.8. The molecule has 0 radical (unpaired) electrons. The molecule has 4 nitrogen and oxygen atoms in total. The number of alkyl halides is 8. The molecule has 0 aliphatic heterocycles. The SMILES string of the molecule is CC(C)=CCC/C(C)=C\COC(=O)CCCC(=O)OCC(F)(F)C(F)(F)C(F)(F)C(F)F. The highest BCUT2D eigenvalue weighted by Crippen LogP contribution is 2.48. The molecule has 0 aromatic heterocycles. The molecule has 0 aliphatic rings. The van der Waals surface area contributed by atoms with Crippen molar-refractivity contribution in [3.05, 3.63) is 23.3 Å². The molecule has 32 heavy (non-hydrogen) atoms. The predicted molar refractivity (Wildman–Crippen MR) is 99.0 cm³/mol. The summed E-state index contributed by atoms with van der Waals surface area (Å²) in [5.41, 5.74) is 2.15. The third-order valence-corrected chi connectivity index (χ3v) is 4.10. The molecule has 0 atom stereocenters. The van der Waals surface area contributed by atoms with Crippen molar-refractivity contribution in [2.24, 2.45) is 0 Å². The van der Waals surface area contributed by atoms with Gasteiger partial charge in [0.1, 0.15) is 6.61 Å². The van der Waals surface area contributed by atoms with Crippen LogP contribution in [0.15, 0.2) is 23.3 Å². The Kier molecular flexibility index (Phi) is 11.9. The number of allylic oxidation sites excluding steroid dienone is 3. The lowest BCUT2D eigenvalue weighted by atomic mass is 10.1. The van der Waals surface area contributed by atoms with E-state index in [1.54, 1.807) is 6.08 Å². The molecule has 0 unspecified atom stereocenters. The van der Waals surface area contributed by atoms with Crippen LogP contribution in [-0.4, -0.2) is 49.3 Å². The summed E-state index contributed by atoms with van der Waals surface area (Å²) in [5.74, 6) is -20.7. The van der Waals surface area contributed by atoms with Crippen LogP contribution >= 0.6 is 0 Å². The summed E-state index contributed by atoms with van der Waals surface area (Å²) in [5, 5.41) is 0. The van der Waals surface area contributed by atoms with Gasteiger partial charge in [-0.05, 0) is 46.1 Å². The molecule has 0 bridgehead atoms. The van der Waals surface area contributed by atoms with Crippen LogP contribution in [0.2, 0.25) is 0 Å². The number of hydrogen-bond donors (Lipinski definition) is 0. The van der Waals surface area contributed by atoms with Crippen molar-refractivity contribution in [1.29, 1.82) is 0 Å². The fourth-order valence-corrected chi connectivity index (χ4v) is 2.13. The molecular weight excluding hydrogens is 456 g/mol. The van der Waals surface area contributed by atoms with Gasteiger partial charge in [0.15, 0.2) is 6.61 Å². The minimum Gasteiger partial charge on any atom is -0.461 e. The van der Waals surface area contributed by atoms with Crippen LogP contribution in [0.3, 0.4) is 0 Å². The van der Waals surface area contributed by atoms with Crippen molar-refractivity contribution >= 4 is 11.9 Å². The minimum absolute atomic E-state index is 0.0242. The highest BCUT2D eigenvalue weighted by molar-refractivity contribution is 5.72. The third-order valence-electron chi connectivity index (χ3n) is 4.10. The Labute approximate surface area is 180 Å². The van der Waals surface area contributed by atoms with E-state index < -0.39 is 49.2 Å². The van der Waals surface area contributed by atoms with Crippen LogP contribution in [0.4, 0.5) is 35.1 Å². The number of ether oxygens (including phenoxy) is 2. The molecule has 0 saturated heterocycles. The largest absolute Gasteiger partial charge is 0.461 e. The average molecular weight is 482 g/mol. The summed E-state index contributed by atoms with van der Waals surface area (Å²) in [6.07, 6.45) is -0.994. The van der Waals surface area contributed by atoms with Gasteiger partial charge in [0.05, 0.1) is 0 Å². The van der Waals surface area contributed by atoms with Gasteiger partial charge in [-0.1, -0.05) is 17.2 Å². The first-order valence-corrected chi connectivity index (χ1v) is 9.56. The number of carbonyl (C=O) groups is 2. The van der Waals surface area contributed by atoms with Crippen molar-refractivity contribution in [1.82, 2.24) is 0 Å². The first-order chi connectivity index (χ1) is 14.5. The highest BCUT2D eigenvalue weighted by Gasteiger charge is 2.75. The Hall–Kier alpha value is -2.14. The first-order valence-electron chi connectivity index (χ1n) is 9.56. The zero-order valence-corrected chi connectivity index (χ0v) is 17.8. The molecule has 0 aliphatic carbocycles. The number of hydrogen-bond acceptors (Lipinski definition) is 4. The predicted octanol–water partition coefficient (Wildman–Crippen LogP) is 6.11. The van der Waals surface area contributed by atoms with Gasteiger partial charge in [-0.15, -0.1) is 0 Å². The molecule has 0 N–H and O–H groups in total. The Morgan fingerprint density at radius 3 is 1.88 bits per heavy atom. The van der Waals surface area contributed by atoms with Crippen molar-refractivity contribution in [3.63, 3.8) is 0 Å². The summed E-state index contributed by atoms with van der Waals surface area (Å²) in [6.45, 7) is 3.22. The first kappa shape index (κ1) is 29.9. The van der Waals surface area contributed by atoms with E-state index >= 15 is 0 Å². The van der Waals surface area contributed by atoms with Gasteiger partial charge in [-0.2, -0.15) is 26.3 Å². The number of rotatable bonds is 14. The van der Waals surface area contributed by atoms with Crippen LogP contribution in [0.25, 0.3) is 0 Å². The average Bonchev–Trinajstić information content (AvgIpc) is 2.65. The van der Waals surface area contributed by atoms with E-state index in [-0.39, 0.29) is 19.4 Å². The Morgan fingerprint density at radius 2 is 1.38 bits per heavy atom. The van der Waals surface area contributed by atoms with Crippen LogP contribution in [0.5, 0.6) is 0 Å². The summed E-state index contributed by atoms with van der Waals surface area (Å²) in [4.78, 5) is 22.9. The minimum atomic E-state index is -6.45. The smallest absolute Gasteiger partial charge is 0.381 e. The van der Waals surface area contributed by atoms with E-state index in [1.165, 1.54) is 5.57 Å². The Balaban J connectivity index is 4.35. The molecule has 0 rings (SSSR count). The summed E-state index contributed by atoms with van der Waals surface area (Å²) < 4.78 is 111. The molecule has 0 amide bonds. The lowest BCUT2D eigenvalue weighted by Crippen LogP contribution is -2.59. The fourth-order valence-electron chi connectivity index (χ4n) is 2.13. The molecule has 0 aromatic carbocycles. The third kappa shape index (κ3) is 9.56. The van der Waals surface area contributed by atoms with E-state index in [0.717, 1.165) is 18.4 Å². The van der Waals surface area contributed by atoms with Crippen molar-refractivity contribution in [3.8, 4) is 0 Å². The standard InChI is InChI=1S/C20H26F8O4/c1-13(2)6-4-7-14(3)10-11-31-15(29)8-5-9-16(30)32-12-18(23,24)20(27,28)19(25,26)17(21)22/h6,10,17H,4-5,7-9,11-12H2,1-3H3/b14-10-. The van der Waals surface area contributed by atoms with Crippen LogP contribution < -0.4 is 0 Å². The van der Waals surface area contributed by atoms with E-state index in [9.17, 15) is 44.7 Å². The van der Waals surface area contributed by atoms with Crippen molar-refractivity contribution in [2.75, 3.05) is 13.2 Å². The van der Waals surface area contributed by atoms with Gasteiger partial charge >= 0.3 is 36.1 Å². The molecule has 0 heterocycles. The summed E-state index contributed by atoms with van der Waals surface area (Å²) >= 11 is 0. The van der Waals surface area contributed by atoms with Crippen molar-refractivity contribution < 1.29 is 54.2 Å². The van der Waals surface area contributed by atoms with Gasteiger partial charge in [0, 0.05) is 12.8 Å². The molecule has 0 fully saturated rings. The van der Waals surface area contributed by atoms with Gasteiger partial charge in [0.25, 0.3) is 0 Å². The molecular formula is C20H26F8O4. The van der Waals surface area contributed by atoms with Gasteiger partial charge in [-0.3, -0.25) is 9.59 Å². The zero-order chi connectivity index (χ0) is 25.2. The van der Waals surface area contributed by atoms with Gasteiger partial charge in [0.2, 0.25) is 0 Å². The number of halogens is 8. The van der Waals surface area contributed by atoms with Gasteiger partial charge < -0.3 is 9.47 Å². The highest BCUT2D eigenvalue weighted by atomic mass is 19.4. The zero-order valence-electron chi connectivity index (χ0n) is 17.8. The number of esters is 2. The fraction of sp³-hybridized carbons (Fsp3) is 0.700. The van der Waals surface area contributed by atoms with Crippen LogP contribution in [-0.2, 0) is 19.1 Å². The van der Waals surface area contributed by atoms with Crippen LogP contribution in [0, 0.1) is 0 Å². The molecule has 0 spiro atoms. The Morgan fingerprint density at radius 1 is 0.844 bits per heavy atom. The van der Waals surface area contributed by atoms with E-state index in [1.807, 2.05) is 26.8 Å². The maximum Gasteiger partial charge on any atom is 0.381 e. The maximum absolute atomic E-state index is 13.3. The molecule has 0 saturated carbocycles. The maximum atomic E-state index is 13.3. The molecule has 186 valence electrons. The van der Waals surface area contributed by atoms with E-state index in [4.69, 9.17) is 4.74 Å². The number of carbonyl (C=O) groups excluding carboxylic acids is 2. The second-order valence-electron chi connectivity index (χ2n) is 7.27. The van der Waals surface area contributed by atoms with Crippen LogP contribution in [0.1, 0.15) is 52.9 Å². The quantitative estimate of drug-likeness (QED) is 0.170. The monoisotopic (exact) mass is 482 g/mol. The molecule has 0 aromatic rings. The topological polar surface area (TPSA) is 52.6 Å². The lowest BCUT2D eigenvalue weighted by molar-refractivity contribution is -0.344. The van der Waals surface area contributed by atoms with Crippen molar-refractivity contribution in [2.45, 2.75) is 77.1 Å². The van der Waals surface area contributed by atoms with E-state index in [0.29, 0.717) is 0 Å². The Bertz CT molecular complexity index is 683. The second-order valence-corrected chi connectivity index (χ2v) is 7.27. The lowest BCUT2D eigenvalue weighted by Gasteiger charge is -2.31. The normalized spacial score (nSPS) is 13.2.